The fraction of sp³-hybridized carbons (Fsp3) is 0.600. The molecule has 1 unspecified atom stereocenters. The highest BCUT2D eigenvalue weighted by atomic mass is 79.9. The highest BCUT2D eigenvalue weighted by Crippen LogP contribution is 2.37. The zero-order valence-electron chi connectivity index (χ0n) is 13.0. The number of halogens is 1. The van der Waals surface area contributed by atoms with Crippen molar-refractivity contribution in [3.05, 3.63) is 28.1 Å². The molecule has 1 aliphatic rings. The zero-order chi connectivity index (χ0) is 15.2. The average Bonchev–Trinajstić information content (AvgIpc) is 2.93. The molecule has 0 saturated carbocycles. The number of nitrogens with zero attached hydrogens (tertiary/aromatic N) is 4. The highest BCUT2D eigenvalue weighted by molar-refractivity contribution is 9.10. The lowest BCUT2D eigenvalue weighted by molar-refractivity contribution is 0.398. The smallest absolute Gasteiger partial charge is 0.139 e. The van der Waals surface area contributed by atoms with E-state index in [1.165, 1.54) is 5.56 Å². The van der Waals surface area contributed by atoms with Crippen LogP contribution in [0.1, 0.15) is 44.5 Å². The van der Waals surface area contributed by atoms with E-state index in [1.807, 2.05) is 17.9 Å². The first-order chi connectivity index (χ1) is 9.85. The Labute approximate surface area is 133 Å². The highest BCUT2D eigenvalue weighted by Gasteiger charge is 2.28. The van der Waals surface area contributed by atoms with Gasteiger partial charge in [0.05, 0.1) is 22.4 Å². The van der Waals surface area contributed by atoms with Crippen molar-refractivity contribution < 1.29 is 0 Å². The molecule has 114 valence electrons. The normalized spacial score (nSPS) is 18.4. The summed E-state index contributed by atoms with van der Waals surface area (Å²) in [7, 11) is 1.95. The van der Waals surface area contributed by atoms with E-state index in [4.69, 9.17) is 5.10 Å². The van der Waals surface area contributed by atoms with Gasteiger partial charge in [0.15, 0.2) is 0 Å². The van der Waals surface area contributed by atoms with Gasteiger partial charge >= 0.3 is 0 Å². The number of aryl methyl sites for hydroxylation is 1. The van der Waals surface area contributed by atoms with Crippen LogP contribution in [0.5, 0.6) is 0 Å². The van der Waals surface area contributed by atoms with E-state index in [-0.39, 0.29) is 11.5 Å². The Hall–Kier alpha value is -1.30. The molecule has 0 spiro atoms. The molecule has 3 rings (SSSR count). The van der Waals surface area contributed by atoms with Gasteiger partial charge in [0.25, 0.3) is 0 Å². The Morgan fingerprint density at radius 2 is 2.19 bits per heavy atom. The standard InChI is InChI=1S/C15H22BrN5/c1-15(2,3)7-11-13(16)14-17-6-5-12(21(14)19-11)10-8-18-20(4)9-10/h8-9,12,17H,5-7H2,1-4H3. The van der Waals surface area contributed by atoms with Crippen molar-refractivity contribution in [1.29, 1.82) is 0 Å². The van der Waals surface area contributed by atoms with Gasteiger partial charge in [-0.2, -0.15) is 10.2 Å². The molecular weight excluding hydrogens is 330 g/mol. The summed E-state index contributed by atoms with van der Waals surface area (Å²) in [5.41, 5.74) is 2.56. The second-order valence-electron chi connectivity index (χ2n) is 6.97. The van der Waals surface area contributed by atoms with Gasteiger partial charge in [0, 0.05) is 25.4 Å². The first-order valence-corrected chi connectivity index (χ1v) is 8.14. The molecule has 0 amide bonds. The van der Waals surface area contributed by atoms with Crippen LogP contribution in [0.2, 0.25) is 0 Å². The van der Waals surface area contributed by atoms with Crippen molar-refractivity contribution in [2.75, 3.05) is 11.9 Å². The van der Waals surface area contributed by atoms with Crippen molar-refractivity contribution in [3.8, 4) is 0 Å². The van der Waals surface area contributed by atoms with Crippen molar-refractivity contribution in [2.45, 2.75) is 39.7 Å². The third kappa shape index (κ3) is 2.86. The first-order valence-electron chi connectivity index (χ1n) is 7.34. The van der Waals surface area contributed by atoms with Crippen LogP contribution in [0.25, 0.3) is 0 Å². The topological polar surface area (TPSA) is 47.7 Å². The third-order valence-electron chi connectivity index (χ3n) is 3.73. The third-order valence-corrected chi connectivity index (χ3v) is 4.56. The Balaban J connectivity index is 2.00. The maximum Gasteiger partial charge on any atom is 0.139 e. The van der Waals surface area contributed by atoms with E-state index in [2.05, 4.69) is 58.0 Å². The van der Waals surface area contributed by atoms with E-state index in [0.717, 1.165) is 35.4 Å². The summed E-state index contributed by atoms with van der Waals surface area (Å²) in [6.07, 6.45) is 6.01. The molecule has 1 N–H and O–H groups in total. The van der Waals surface area contributed by atoms with Crippen molar-refractivity contribution in [3.63, 3.8) is 0 Å². The van der Waals surface area contributed by atoms with Gasteiger partial charge < -0.3 is 5.32 Å². The molecule has 0 radical (unpaired) electrons. The molecule has 0 aliphatic carbocycles. The van der Waals surface area contributed by atoms with Gasteiger partial charge in [0.2, 0.25) is 0 Å². The molecule has 0 fully saturated rings. The van der Waals surface area contributed by atoms with Crippen molar-refractivity contribution in [2.24, 2.45) is 12.5 Å². The first kappa shape index (κ1) is 14.6. The number of nitrogens with one attached hydrogen (secondary N) is 1. The van der Waals surface area contributed by atoms with Gasteiger partial charge in [-0.3, -0.25) is 4.68 Å². The Morgan fingerprint density at radius 3 is 2.81 bits per heavy atom. The second kappa shape index (κ2) is 5.16. The zero-order valence-corrected chi connectivity index (χ0v) is 14.6. The van der Waals surface area contributed by atoms with E-state index < -0.39 is 0 Å². The van der Waals surface area contributed by atoms with Crippen LogP contribution in [0.4, 0.5) is 5.82 Å². The van der Waals surface area contributed by atoms with E-state index in [9.17, 15) is 0 Å². The van der Waals surface area contributed by atoms with Crippen LogP contribution in [-0.2, 0) is 13.5 Å². The molecule has 0 bridgehead atoms. The molecule has 6 heteroatoms. The minimum Gasteiger partial charge on any atom is -0.369 e. The molecule has 1 aliphatic heterocycles. The molecule has 0 saturated heterocycles. The summed E-state index contributed by atoms with van der Waals surface area (Å²) in [5.74, 6) is 1.09. The second-order valence-corrected chi connectivity index (χ2v) is 7.76. The van der Waals surface area contributed by atoms with E-state index in [1.54, 1.807) is 0 Å². The molecular formula is C15H22BrN5. The molecule has 21 heavy (non-hydrogen) atoms. The van der Waals surface area contributed by atoms with Crippen molar-refractivity contribution in [1.82, 2.24) is 19.6 Å². The van der Waals surface area contributed by atoms with Crippen LogP contribution >= 0.6 is 15.9 Å². The predicted octanol–water partition coefficient (Wildman–Crippen LogP) is 3.37. The van der Waals surface area contributed by atoms with Gasteiger partial charge in [-0.1, -0.05) is 20.8 Å². The van der Waals surface area contributed by atoms with Crippen LogP contribution in [0.3, 0.4) is 0 Å². The van der Waals surface area contributed by atoms with Gasteiger partial charge in [-0.25, -0.2) is 4.68 Å². The van der Waals surface area contributed by atoms with Gasteiger partial charge in [-0.05, 0) is 34.2 Å². The van der Waals surface area contributed by atoms with Crippen LogP contribution in [0, 0.1) is 5.41 Å². The number of fused-ring (bicyclic) bond motifs is 1. The summed E-state index contributed by atoms with van der Waals surface area (Å²) < 4.78 is 5.07. The van der Waals surface area contributed by atoms with Crippen LogP contribution in [-0.4, -0.2) is 26.1 Å². The molecule has 1 atom stereocenters. The molecule has 2 aromatic rings. The largest absolute Gasteiger partial charge is 0.369 e. The SMILES string of the molecule is Cn1cc(C2CCNc3c(Br)c(CC(C)(C)C)nn32)cn1. The summed E-state index contributed by atoms with van der Waals surface area (Å²) in [6, 6.07) is 0.264. The lowest BCUT2D eigenvalue weighted by atomic mass is 9.91. The molecule has 5 nitrogen and oxygen atoms in total. The minimum atomic E-state index is 0.219. The fourth-order valence-corrected chi connectivity index (χ4v) is 3.37. The Kier molecular flexibility index (Phi) is 3.59. The number of aromatic nitrogens is 4. The summed E-state index contributed by atoms with van der Waals surface area (Å²) >= 11 is 3.73. The number of hydrogen-bond donors (Lipinski definition) is 1. The monoisotopic (exact) mass is 351 g/mol. The summed E-state index contributed by atoms with van der Waals surface area (Å²) in [4.78, 5) is 0. The van der Waals surface area contributed by atoms with E-state index >= 15 is 0 Å². The van der Waals surface area contributed by atoms with E-state index in [0.29, 0.717) is 0 Å². The number of rotatable bonds is 2. The maximum atomic E-state index is 4.87. The summed E-state index contributed by atoms with van der Waals surface area (Å²) in [6.45, 7) is 7.68. The molecule has 0 aromatic carbocycles. The lowest BCUT2D eigenvalue weighted by Gasteiger charge is -2.25. The summed E-state index contributed by atoms with van der Waals surface area (Å²) in [5, 5.41) is 12.6. The van der Waals surface area contributed by atoms with Crippen LogP contribution in [0.15, 0.2) is 16.9 Å². The van der Waals surface area contributed by atoms with Crippen LogP contribution < -0.4 is 5.32 Å². The number of hydrogen-bond acceptors (Lipinski definition) is 3. The van der Waals surface area contributed by atoms with Gasteiger partial charge in [-0.15, -0.1) is 0 Å². The lowest BCUT2D eigenvalue weighted by Crippen LogP contribution is -2.24. The van der Waals surface area contributed by atoms with Gasteiger partial charge in [0.1, 0.15) is 5.82 Å². The maximum absolute atomic E-state index is 4.87. The van der Waals surface area contributed by atoms with Crippen molar-refractivity contribution >= 4 is 21.7 Å². The fourth-order valence-electron chi connectivity index (χ4n) is 2.83. The Bertz CT molecular complexity index is 650. The minimum absolute atomic E-state index is 0.219. The average molecular weight is 352 g/mol. The Morgan fingerprint density at radius 1 is 1.43 bits per heavy atom. The molecule has 3 heterocycles. The quantitative estimate of drug-likeness (QED) is 0.902. The number of anilines is 1. The molecule has 2 aromatic heterocycles. The predicted molar refractivity (Wildman–Crippen MR) is 87.5 cm³/mol.